The summed E-state index contributed by atoms with van der Waals surface area (Å²) >= 11 is 0. The molecule has 0 aliphatic heterocycles. The number of rotatable bonds is 8. The number of ether oxygens (including phenoxy) is 1. The van der Waals surface area contributed by atoms with E-state index in [1.54, 1.807) is 0 Å². The highest BCUT2D eigenvalue weighted by Crippen LogP contribution is 2.20. The Morgan fingerprint density at radius 2 is 1.77 bits per heavy atom. The number of aryl methyl sites for hydroxylation is 1. The van der Waals surface area contributed by atoms with Gasteiger partial charge in [-0.25, -0.2) is 4.98 Å². The molecule has 3 heteroatoms. The van der Waals surface area contributed by atoms with Crippen molar-refractivity contribution in [1.82, 2.24) is 9.97 Å². The number of fused-ring (bicyclic) bond motifs is 1. The van der Waals surface area contributed by atoms with Gasteiger partial charge in [-0.1, -0.05) is 43.2 Å². The zero-order chi connectivity index (χ0) is 15.0. The molecule has 2 aromatic carbocycles. The van der Waals surface area contributed by atoms with Gasteiger partial charge in [0.15, 0.2) is 0 Å². The number of nitrogens with one attached hydrogen (secondary N) is 1. The molecule has 0 aliphatic rings. The maximum atomic E-state index is 5.85. The molecule has 0 amide bonds. The van der Waals surface area contributed by atoms with Crippen LogP contribution in [0, 0.1) is 0 Å². The van der Waals surface area contributed by atoms with Crippen molar-refractivity contribution in [3.8, 4) is 5.75 Å². The van der Waals surface area contributed by atoms with Crippen LogP contribution in [-0.4, -0.2) is 16.6 Å². The molecular weight excluding hydrogens is 272 g/mol. The van der Waals surface area contributed by atoms with E-state index < -0.39 is 0 Å². The van der Waals surface area contributed by atoms with Crippen LogP contribution in [0.1, 0.15) is 31.5 Å². The van der Waals surface area contributed by atoms with Crippen LogP contribution in [0.25, 0.3) is 10.8 Å². The molecule has 3 aromatic rings. The lowest BCUT2D eigenvalue weighted by molar-refractivity contribution is 0.305. The fourth-order valence-electron chi connectivity index (χ4n) is 2.63. The Hall–Kier alpha value is -2.29. The molecule has 1 heterocycles. The van der Waals surface area contributed by atoms with Crippen molar-refractivity contribution in [3.05, 3.63) is 60.7 Å². The highest BCUT2D eigenvalue weighted by atomic mass is 16.5. The van der Waals surface area contributed by atoms with Gasteiger partial charge in [-0.3, -0.25) is 0 Å². The summed E-state index contributed by atoms with van der Waals surface area (Å²) in [4.78, 5) is 7.37. The van der Waals surface area contributed by atoms with Crippen molar-refractivity contribution in [1.29, 1.82) is 0 Å². The summed E-state index contributed by atoms with van der Waals surface area (Å²) in [6.45, 7) is 0.791. The third-order valence-corrected chi connectivity index (χ3v) is 3.85. The first kappa shape index (κ1) is 14.6. The molecule has 3 rings (SSSR count). The maximum Gasteiger partial charge on any atom is 0.119 e. The lowest BCUT2D eigenvalue weighted by Crippen LogP contribution is -1.97. The summed E-state index contributed by atoms with van der Waals surface area (Å²) in [7, 11) is 0. The molecule has 3 nitrogen and oxygen atoms in total. The minimum absolute atomic E-state index is 0.791. The summed E-state index contributed by atoms with van der Waals surface area (Å²) in [6, 6.07) is 14.7. The molecule has 0 saturated heterocycles. The Bertz CT molecular complexity index is 691. The normalized spacial score (nSPS) is 10.9. The molecule has 1 N–H and O–H groups in total. The fraction of sp³-hybridized carbons (Fsp3) is 0.316. The predicted molar refractivity (Wildman–Crippen MR) is 90.2 cm³/mol. The summed E-state index contributed by atoms with van der Waals surface area (Å²) < 4.78 is 5.85. The van der Waals surface area contributed by atoms with Gasteiger partial charge in [0.05, 0.1) is 6.61 Å². The summed E-state index contributed by atoms with van der Waals surface area (Å²) in [6.07, 6.45) is 9.45. The third kappa shape index (κ3) is 4.10. The Kier molecular flexibility index (Phi) is 5.09. The standard InChI is InChI=1S/C19H22N2O/c1(3-9-19-20-12-13-21-19)2-6-14-22-18-11-10-16-7-4-5-8-17(16)15-18/h4-5,7-8,10-13,15H,1-3,6,9,14H2,(H,20,21). The predicted octanol–water partition coefficient (Wildman–Crippen LogP) is 4.74. The van der Waals surface area contributed by atoms with Crippen LogP contribution in [0.15, 0.2) is 54.9 Å². The van der Waals surface area contributed by atoms with Crippen molar-refractivity contribution in [2.75, 3.05) is 6.61 Å². The van der Waals surface area contributed by atoms with Crippen LogP contribution < -0.4 is 4.74 Å². The topological polar surface area (TPSA) is 37.9 Å². The second-order valence-corrected chi connectivity index (χ2v) is 5.56. The molecule has 0 fully saturated rings. The Morgan fingerprint density at radius 1 is 0.909 bits per heavy atom. The van der Waals surface area contributed by atoms with Gasteiger partial charge in [0, 0.05) is 18.8 Å². The van der Waals surface area contributed by atoms with Crippen molar-refractivity contribution in [3.63, 3.8) is 0 Å². The number of unbranched alkanes of at least 4 members (excludes halogenated alkanes) is 3. The SMILES string of the molecule is c1ccc2cc(OCCCCCCc3ncc[nH]3)ccc2c1. The number of imidazole rings is 1. The number of hydrogen-bond donors (Lipinski definition) is 1. The first-order chi connectivity index (χ1) is 10.9. The third-order valence-electron chi connectivity index (χ3n) is 3.85. The molecule has 1 aromatic heterocycles. The van der Waals surface area contributed by atoms with Crippen LogP contribution in [0.3, 0.4) is 0 Å². The number of H-pyrrole nitrogens is 1. The van der Waals surface area contributed by atoms with E-state index in [0.717, 1.165) is 31.0 Å². The molecule has 0 saturated carbocycles. The Labute approximate surface area is 131 Å². The van der Waals surface area contributed by atoms with Gasteiger partial charge in [-0.05, 0) is 35.7 Å². The van der Waals surface area contributed by atoms with Crippen LogP contribution in [0.5, 0.6) is 5.75 Å². The quantitative estimate of drug-likeness (QED) is 0.609. The van der Waals surface area contributed by atoms with E-state index in [-0.39, 0.29) is 0 Å². The zero-order valence-electron chi connectivity index (χ0n) is 12.8. The average molecular weight is 294 g/mol. The van der Waals surface area contributed by atoms with Crippen LogP contribution in [0.4, 0.5) is 0 Å². The summed E-state index contributed by atoms with van der Waals surface area (Å²) in [5.74, 6) is 2.06. The van der Waals surface area contributed by atoms with E-state index in [0.29, 0.717) is 0 Å². The molecule has 22 heavy (non-hydrogen) atoms. The van der Waals surface area contributed by atoms with Gasteiger partial charge >= 0.3 is 0 Å². The molecule has 0 spiro atoms. The number of benzene rings is 2. The molecule has 0 bridgehead atoms. The number of hydrogen-bond acceptors (Lipinski definition) is 2. The van der Waals surface area contributed by atoms with Crippen LogP contribution in [0.2, 0.25) is 0 Å². The Morgan fingerprint density at radius 3 is 2.64 bits per heavy atom. The smallest absolute Gasteiger partial charge is 0.119 e. The highest BCUT2D eigenvalue weighted by molar-refractivity contribution is 5.83. The van der Waals surface area contributed by atoms with Gasteiger partial charge in [-0.2, -0.15) is 0 Å². The van der Waals surface area contributed by atoms with Gasteiger partial charge in [0.1, 0.15) is 11.6 Å². The second kappa shape index (κ2) is 7.64. The lowest BCUT2D eigenvalue weighted by Gasteiger charge is -2.07. The van der Waals surface area contributed by atoms with Crippen molar-refractivity contribution in [2.24, 2.45) is 0 Å². The van der Waals surface area contributed by atoms with Crippen molar-refractivity contribution < 1.29 is 4.74 Å². The van der Waals surface area contributed by atoms with Crippen molar-refractivity contribution in [2.45, 2.75) is 32.1 Å². The van der Waals surface area contributed by atoms with Crippen molar-refractivity contribution >= 4 is 10.8 Å². The molecular formula is C19H22N2O. The molecule has 0 unspecified atom stereocenters. The van der Waals surface area contributed by atoms with Gasteiger partial charge in [0.25, 0.3) is 0 Å². The number of aromatic amines is 1. The first-order valence-electron chi connectivity index (χ1n) is 8.02. The van der Waals surface area contributed by atoms with Crippen LogP contribution in [-0.2, 0) is 6.42 Å². The van der Waals surface area contributed by atoms with E-state index in [1.807, 2.05) is 12.4 Å². The summed E-state index contributed by atoms with van der Waals surface area (Å²) in [5, 5.41) is 2.49. The van der Waals surface area contributed by atoms with E-state index in [1.165, 1.54) is 30.0 Å². The van der Waals surface area contributed by atoms with Gasteiger partial charge < -0.3 is 9.72 Å². The minimum Gasteiger partial charge on any atom is -0.494 e. The van der Waals surface area contributed by atoms with E-state index in [4.69, 9.17) is 4.74 Å². The van der Waals surface area contributed by atoms with E-state index in [2.05, 4.69) is 52.4 Å². The van der Waals surface area contributed by atoms with Gasteiger partial charge in [-0.15, -0.1) is 0 Å². The lowest BCUT2D eigenvalue weighted by atomic mass is 10.1. The van der Waals surface area contributed by atoms with E-state index in [9.17, 15) is 0 Å². The largest absolute Gasteiger partial charge is 0.494 e. The number of aromatic nitrogens is 2. The first-order valence-corrected chi connectivity index (χ1v) is 8.02. The minimum atomic E-state index is 0.791. The van der Waals surface area contributed by atoms with Gasteiger partial charge in [0.2, 0.25) is 0 Å². The fourth-order valence-corrected chi connectivity index (χ4v) is 2.63. The Balaban J connectivity index is 1.34. The zero-order valence-corrected chi connectivity index (χ0v) is 12.8. The number of nitrogens with zero attached hydrogens (tertiary/aromatic N) is 1. The van der Waals surface area contributed by atoms with E-state index >= 15 is 0 Å². The molecule has 0 radical (unpaired) electrons. The average Bonchev–Trinajstić information content (AvgIpc) is 3.07. The monoisotopic (exact) mass is 294 g/mol. The molecule has 0 aliphatic carbocycles. The highest BCUT2D eigenvalue weighted by Gasteiger charge is 1.98. The van der Waals surface area contributed by atoms with Crippen LogP contribution >= 0.6 is 0 Å². The summed E-state index contributed by atoms with van der Waals surface area (Å²) in [5.41, 5.74) is 0. The molecule has 0 atom stereocenters. The second-order valence-electron chi connectivity index (χ2n) is 5.56. The molecule has 114 valence electrons. The maximum absolute atomic E-state index is 5.85.